The smallest absolute Gasteiger partial charge is 0.0303 e. The van der Waals surface area contributed by atoms with Crippen molar-refractivity contribution in [1.82, 2.24) is 0 Å². The number of nitrogens with two attached hydrogens (primary N) is 1. The Morgan fingerprint density at radius 3 is 2.83 bits per heavy atom. The first-order valence-electron chi connectivity index (χ1n) is 4.54. The van der Waals surface area contributed by atoms with Gasteiger partial charge in [-0.1, -0.05) is 19.8 Å². The maximum atomic E-state index is 6.00. The van der Waals surface area contributed by atoms with Crippen LogP contribution in [0.2, 0.25) is 0 Å². The molecule has 0 saturated carbocycles. The van der Waals surface area contributed by atoms with Gasteiger partial charge in [0.15, 0.2) is 0 Å². The van der Waals surface area contributed by atoms with Crippen molar-refractivity contribution in [3.63, 3.8) is 0 Å². The number of unbranched alkanes of at least 4 members (excludes halogenated alkanes) is 1. The maximum absolute atomic E-state index is 6.00. The van der Waals surface area contributed by atoms with E-state index in [2.05, 4.69) is 25.3 Å². The van der Waals surface area contributed by atoms with E-state index in [1.54, 1.807) is 11.3 Å². The van der Waals surface area contributed by atoms with Crippen molar-refractivity contribution in [2.45, 2.75) is 39.2 Å². The van der Waals surface area contributed by atoms with Crippen LogP contribution in [0.25, 0.3) is 0 Å². The lowest BCUT2D eigenvalue weighted by atomic mass is 10.1. The molecule has 0 spiro atoms. The van der Waals surface area contributed by atoms with Crippen LogP contribution < -0.4 is 5.73 Å². The highest BCUT2D eigenvalue weighted by Crippen LogP contribution is 2.22. The lowest BCUT2D eigenvalue weighted by Gasteiger charge is -2.07. The SMILES string of the molecule is CCCCC(N)c1csc(C)c1. The zero-order chi connectivity index (χ0) is 8.97. The summed E-state index contributed by atoms with van der Waals surface area (Å²) >= 11 is 1.79. The van der Waals surface area contributed by atoms with Crippen molar-refractivity contribution >= 4 is 11.3 Å². The molecule has 1 aromatic heterocycles. The highest BCUT2D eigenvalue weighted by atomic mass is 32.1. The number of aryl methyl sites for hydroxylation is 1. The fourth-order valence-electron chi connectivity index (χ4n) is 1.25. The van der Waals surface area contributed by atoms with Crippen LogP contribution in [0.4, 0.5) is 0 Å². The molecule has 0 aliphatic rings. The zero-order valence-electron chi connectivity index (χ0n) is 7.84. The van der Waals surface area contributed by atoms with E-state index in [9.17, 15) is 0 Å². The molecule has 12 heavy (non-hydrogen) atoms. The first-order valence-corrected chi connectivity index (χ1v) is 5.42. The molecule has 2 N–H and O–H groups in total. The average Bonchev–Trinajstić information content (AvgIpc) is 2.47. The van der Waals surface area contributed by atoms with Gasteiger partial charge in [0.2, 0.25) is 0 Å². The number of thiophene rings is 1. The monoisotopic (exact) mass is 183 g/mol. The Morgan fingerprint density at radius 1 is 1.58 bits per heavy atom. The van der Waals surface area contributed by atoms with Crippen molar-refractivity contribution in [3.05, 3.63) is 21.9 Å². The largest absolute Gasteiger partial charge is 0.324 e. The van der Waals surface area contributed by atoms with Crippen LogP contribution in [0.3, 0.4) is 0 Å². The van der Waals surface area contributed by atoms with Crippen LogP contribution >= 0.6 is 11.3 Å². The van der Waals surface area contributed by atoms with Crippen molar-refractivity contribution < 1.29 is 0 Å². The first-order chi connectivity index (χ1) is 5.74. The summed E-state index contributed by atoms with van der Waals surface area (Å²) in [5.74, 6) is 0. The zero-order valence-corrected chi connectivity index (χ0v) is 8.66. The van der Waals surface area contributed by atoms with Gasteiger partial charge in [-0.3, -0.25) is 0 Å². The summed E-state index contributed by atoms with van der Waals surface area (Å²) in [5, 5.41) is 2.18. The Labute approximate surface area is 78.6 Å². The molecule has 68 valence electrons. The molecule has 0 bridgehead atoms. The third-order valence-electron chi connectivity index (χ3n) is 2.05. The molecule has 1 rings (SSSR count). The molecule has 0 fully saturated rings. The third-order valence-corrected chi connectivity index (χ3v) is 2.93. The topological polar surface area (TPSA) is 26.0 Å². The lowest BCUT2D eigenvalue weighted by molar-refractivity contribution is 0.605. The molecular formula is C10H17NS. The van der Waals surface area contributed by atoms with E-state index in [-0.39, 0.29) is 6.04 Å². The third kappa shape index (κ3) is 2.61. The molecule has 1 nitrogen and oxygen atoms in total. The summed E-state index contributed by atoms with van der Waals surface area (Å²) in [7, 11) is 0. The van der Waals surface area contributed by atoms with E-state index in [4.69, 9.17) is 5.73 Å². The van der Waals surface area contributed by atoms with Crippen LogP contribution in [0.5, 0.6) is 0 Å². The fraction of sp³-hybridized carbons (Fsp3) is 0.600. The molecule has 0 amide bonds. The second-order valence-electron chi connectivity index (χ2n) is 3.24. The van der Waals surface area contributed by atoms with Gasteiger partial charge in [-0.2, -0.15) is 0 Å². The Kier molecular flexibility index (Phi) is 3.76. The van der Waals surface area contributed by atoms with Crippen LogP contribution in [-0.4, -0.2) is 0 Å². The molecule has 0 aromatic carbocycles. The molecule has 1 heterocycles. The van der Waals surface area contributed by atoms with E-state index >= 15 is 0 Å². The summed E-state index contributed by atoms with van der Waals surface area (Å²) in [6, 6.07) is 2.46. The molecule has 2 heteroatoms. The van der Waals surface area contributed by atoms with Gasteiger partial charge in [0.05, 0.1) is 0 Å². The van der Waals surface area contributed by atoms with Gasteiger partial charge in [-0.05, 0) is 30.4 Å². The minimum Gasteiger partial charge on any atom is -0.324 e. The number of hydrogen-bond acceptors (Lipinski definition) is 2. The molecular weight excluding hydrogens is 166 g/mol. The van der Waals surface area contributed by atoms with Gasteiger partial charge >= 0.3 is 0 Å². The number of hydrogen-bond donors (Lipinski definition) is 1. The highest BCUT2D eigenvalue weighted by molar-refractivity contribution is 7.10. The summed E-state index contributed by atoms with van der Waals surface area (Å²) in [5.41, 5.74) is 7.31. The molecule has 0 aliphatic carbocycles. The van der Waals surface area contributed by atoms with Crippen molar-refractivity contribution in [2.24, 2.45) is 5.73 Å². The van der Waals surface area contributed by atoms with Crippen LogP contribution in [0.1, 0.15) is 42.7 Å². The van der Waals surface area contributed by atoms with E-state index in [1.807, 2.05) is 0 Å². The van der Waals surface area contributed by atoms with Crippen molar-refractivity contribution in [1.29, 1.82) is 0 Å². The molecule has 1 unspecified atom stereocenters. The molecule has 0 radical (unpaired) electrons. The van der Waals surface area contributed by atoms with Gasteiger partial charge < -0.3 is 5.73 Å². The van der Waals surface area contributed by atoms with Gasteiger partial charge in [0.1, 0.15) is 0 Å². The molecule has 1 aromatic rings. The van der Waals surface area contributed by atoms with Gasteiger partial charge in [0, 0.05) is 10.9 Å². The Balaban J connectivity index is 2.47. The minimum atomic E-state index is 0.259. The predicted octanol–water partition coefficient (Wildman–Crippen LogP) is 3.25. The molecule has 0 saturated heterocycles. The van der Waals surface area contributed by atoms with E-state index < -0.39 is 0 Å². The van der Waals surface area contributed by atoms with Crippen LogP contribution in [-0.2, 0) is 0 Å². The quantitative estimate of drug-likeness (QED) is 0.762. The van der Waals surface area contributed by atoms with Crippen molar-refractivity contribution in [3.8, 4) is 0 Å². The lowest BCUT2D eigenvalue weighted by Crippen LogP contribution is -2.08. The first kappa shape index (κ1) is 9.75. The van der Waals surface area contributed by atoms with Gasteiger partial charge in [-0.15, -0.1) is 11.3 Å². The average molecular weight is 183 g/mol. The van der Waals surface area contributed by atoms with E-state index in [0.717, 1.165) is 6.42 Å². The molecule has 0 aliphatic heterocycles. The second kappa shape index (κ2) is 4.63. The molecule has 1 atom stereocenters. The summed E-state index contributed by atoms with van der Waals surface area (Å²) in [6.07, 6.45) is 3.58. The normalized spacial score (nSPS) is 13.2. The summed E-state index contributed by atoms with van der Waals surface area (Å²) in [4.78, 5) is 1.36. The minimum absolute atomic E-state index is 0.259. The fourth-order valence-corrected chi connectivity index (χ4v) is 2.02. The van der Waals surface area contributed by atoms with Crippen LogP contribution in [0, 0.1) is 6.92 Å². The summed E-state index contributed by atoms with van der Waals surface area (Å²) in [6.45, 7) is 4.33. The van der Waals surface area contributed by atoms with Crippen LogP contribution in [0.15, 0.2) is 11.4 Å². The standard InChI is InChI=1S/C10H17NS/c1-3-4-5-10(11)9-6-8(2)12-7-9/h6-7,10H,3-5,11H2,1-2H3. The van der Waals surface area contributed by atoms with Crippen molar-refractivity contribution in [2.75, 3.05) is 0 Å². The highest BCUT2D eigenvalue weighted by Gasteiger charge is 2.05. The van der Waals surface area contributed by atoms with Gasteiger partial charge in [0.25, 0.3) is 0 Å². The Hall–Kier alpha value is -0.340. The Morgan fingerprint density at radius 2 is 2.33 bits per heavy atom. The van der Waals surface area contributed by atoms with E-state index in [1.165, 1.54) is 23.3 Å². The maximum Gasteiger partial charge on any atom is 0.0303 e. The predicted molar refractivity (Wildman–Crippen MR) is 55.5 cm³/mol. The van der Waals surface area contributed by atoms with E-state index in [0.29, 0.717) is 0 Å². The second-order valence-corrected chi connectivity index (χ2v) is 4.35. The van der Waals surface area contributed by atoms with Gasteiger partial charge in [-0.25, -0.2) is 0 Å². The number of rotatable bonds is 4. The summed E-state index contributed by atoms with van der Waals surface area (Å²) < 4.78 is 0. The Bertz CT molecular complexity index is 229.